The quantitative estimate of drug-likeness (QED) is 0.400. The second kappa shape index (κ2) is 9.88. The zero-order chi connectivity index (χ0) is 23.2. The average Bonchev–Trinajstić information content (AvgIpc) is 2.90. The normalized spacial score (nSPS) is 14.6. The van der Waals surface area contributed by atoms with Crippen LogP contribution >= 0.6 is 0 Å². The smallest absolute Gasteiger partial charge is 0.209 e. The zero-order valence-corrected chi connectivity index (χ0v) is 18.9. The topological polar surface area (TPSA) is 110 Å². The largest absolute Gasteiger partial charge is 0.759 e. The number of hydrogen-bond donors (Lipinski definition) is 0. The van der Waals surface area contributed by atoms with Crippen LogP contribution in [0.5, 0.6) is 0 Å². The molecule has 1 aliphatic rings. The molecule has 0 aliphatic carbocycles. The van der Waals surface area contributed by atoms with Crippen LogP contribution in [-0.2, 0) is 15.8 Å². The molecule has 0 atom stereocenters. The Balaban J connectivity index is 0.000000614. The number of anilines is 1. The minimum absolute atomic E-state index is 0.000698. The van der Waals surface area contributed by atoms with Gasteiger partial charge in [-0.05, 0) is 37.6 Å². The van der Waals surface area contributed by atoms with Crippen molar-refractivity contribution in [2.24, 2.45) is 0 Å². The molecule has 1 aliphatic heterocycles. The Labute approximate surface area is 184 Å². The van der Waals surface area contributed by atoms with E-state index in [9.17, 15) is 0 Å². The molecule has 3 rings (SSSR count). The van der Waals surface area contributed by atoms with Crippen LogP contribution in [0.3, 0.4) is 0 Å². The lowest BCUT2D eigenvalue weighted by atomic mass is 9.81. The molecule has 2 aromatic carbocycles. The van der Waals surface area contributed by atoms with Gasteiger partial charge in [0, 0.05) is 47.4 Å². The highest BCUT2D eigenvalue weighted by Gasteiger charge is 2.42. The van der Waals surface area contributed by atoms with Crippen molar-refractivity contribution in [3.63, 3.8) is 0 Å². The van der Waals surface area contributed by atoms with Crippen LogP contribution in [0.25, 0.3) is 6.08 Å². The van der Waals surface area contributed by atoms with Gasteiger partial charge in [-0.2, -0.15) is 9.84 Å². The number of benzene rings is 2. The zero-order valence-electron chi connectivity index (χ0n) is 18.1. The van der Waals surface area contributed by atoms with E-state index in [2.05, 4.69) is 97.1 Å². The SMILES string of the molecule is CN(CCC#N)c1ccc(C=CC2=[N+](C)c3ccccc3C2(C)C)cc1.O=S(=O)([O-])[O-]. The number of para-hydroxylation sites is 1. The summed E-state index contributed by atoms with van der Waals surface area (Å²) >= 11 is 0. The lowest BCUT2D eigenvalue weighted by Gasteiger charge is -2.17. The third-order valence-corrected chi connectivity index (χ3v) is 5.27. The van der Waals surface area contributed by atoms with Crippen LogP contribution in [0.1, 0.15) is 31.4 Å². The molecule has 1 heterocycles. The molecule has 0 saturated heterocycles. The van der Waals surface area contributed by atoms with Crippen molar-refractivity contribution < 1.29 is 22.1 Å². The molecule has 0 saturated carbocycles. The predicted molar refractivity (Wildman–Crippen MR) is 120 cm³/mol. The second-order valence-electron chi connectivity index (χ2n) is 7.75. The van der Waals surface area contributed by atoms with Gasteiger partial charge in [-0.15, -0.1) is 0 Å². The molecule has 31 heavy (non-hydrogen) atoms. The summed E-state index contributed by atoms with van der Waals surface area (Å²) < 4.78 is 36.4. The summed E-state index contributed by atoms with van der Waals surface area (Å²) in [6.07, 6.45) is 4.95. The van der Waals surface area contributed by atoms with Gasteiger partial charge in [-0.3, -0.25) is 8.42 Å². The highest BCUT2D eigenvalue weighted by Crippen LogP contribution is 2.39. The first-order chi connectivity index (χ1) is 14.4. The fourth-order valence-corrected chi connectivity index (χ4v) is 3.66. The predicted octanol–water partition coefficient (Wildman–Crippen LogP) is 3.42. The van der Waals surface area contributed by atoms with Crippen LogP contribution in [0, 0.1) is 11.3 Å². The molecule has 0 unspecified atom stereocenters. The number of hydrogen-bond acceptors (Lipinski definition) is 6. The monoisotopic (exact) mass is 440 g/mol. The maximum Gasteiger partial charge on any atom is 0.209 e. The number of nitrogens with zero attached hydrogens (tertiary/aromatic N) is 3. The molecule has 0 spiro atoms. The molecule has 7 nitrogen and oxygen atoms in total. The van der Waals surface area contributed by atoms with Crippen molar-refractivity contribution in [3.8, 4) is 6.07 Å². The lowest BCUT2D eigenvalue weighted by Crippen LogP contribution is -2.26. The summed E-state index contributed by atoms with van der Waals surface area (Å²) in [6, 6.07) is 19.3. The van der Waals surface area contributed by atoms with Gasteiger partial charge >= 0.3 is 0 Å². The van der Waals surface area contributed by atoms with E-state index in [0.717, 1.165) is 12.2 Å². The fourth-order valence-electron chi connectivity index (χ4n) is 3.66. The van der Waals surface area contributed by atoms with Crippen molar-refractivity contribution in [1.82, 2.24) is 0 Å². The summed E-state index contributed by atoms with van der Waals surface area (Å²) in [4.78, 5) is 2.11. The van der Waals surface area contributed by atoms with Crippen molar-refractivity contribution in [2.45, 2.75) is 25.7 Å². The molecule has 8 heteroatoms. The maximum atomic E-state index is 8.72. The summed E-state index contributed by atoms with van der Waals surface area (Å²) in [5.74, 6) is 0. The number of rotatable bonds is 5. The molecule has 2 aromatic rings. The molecule has 0 bridgehead atoms. The van der Waals surface area contributed by atoms with E-state index in [1.165, 1.54) is 22.5 Å². The summed E-state index contributed by atoms with van der Waals surface area (Å²) in [5, 5.41) is 8.72. The van der Waals surface area contributed by atoms with Crippen LogP contribution in [0.15, 0.2) is 54.6 Å². The van der Waals surface area contributed by atoms with Gasteiger partial charge in [0.05, 0.1) is 17.9 Å². The van der Waals surface area contributed by atoms with Crippen LogP contribution in [0.2, 0.25) is 0 Å². The van der Waals surface area contributed by atoms with Gasteiger partial charge in [-0.1, -0.05) is 30.3 Å². The van der Waals surface area contributed by atoms with Gasteiger partial charge in [0.1, 0.15) is 7.05 Å². The number of fused-ring (bicyclic) bond motifs is 1. The van der Waals surface area contributed by atoms with Gasteiger partial charge in [0.25, 0.3) is 0 Å². The highest BCUT2D eigenvalue weighted by molar-refractivity contribution is 7.79. The Bertz CT molecular complexity index is 1120. The standard InChI is InChI=1S/C23H26N3.H2O4S/c1-23(2)20-8-5-6-9-21(20)26(4)22(23)15-12-18-10-13-19(14-11-18)25(3)17-7-16-24;1-5(2,3)4/h5-6,8-15H,7,17H2,1-4H3;(H2,1,2,3,4)/q+1;/p-2. The van der Waals surface area contributed by atoms with Crippen LogP contribution in [-0.4, -0.2) is 48.5 Å². The van der Waals surface area contributed by atoms with Crippen molar-refractivity contribution in [2.75, 3.05) is 25.5 Å². The lowest BCUT2D eigenvalue weighted by molar-refractivity contribution is -0.401. The summed E-state index contributed by atoms with van der Waals surface area (Å²) in [6.45, 7) is 5.31. The first kappa shape index (κ1) is 24.3. The number of nitriles is 1. The van der Waals surface area contributed by atoms with Crippen molar-refractivity contribution >= 4 is 33.6 Å². The molecular formula is C23H26N3O4S-. The fraction of sp³-hybridized carbons (Fsp3) is 0.304. The third kappa shape index (κ3) is 6.49. The molecule has 0 amide bonds. The Morgan fingerprint density at radius 3 is 2.23 bits per heavy atom. The Morgan fingerprint density at radius 1 is 1.10 bits per heavy atom. The third-order valence-electron chi connectivity index (χ3n) is 5.27. The molecule has 0 radical (unpaired) electrons. The molecule has 0 aromatic heterocycles. The maximum absolute atomic E-state index is 8.72. The first-order valence-electron chi connectivity index (χ1n) is 9.68. The Hall–Kier alpha value is -2.99. The van der Waals surface area contributed by atoms with Crippen molar-refractivity contribution in [3.05, 3.63) is 65.7 Å². The Kier molecular flexibility index (Phi) is 7.74. The second-order valence-corrected chi connectivity index (χ2v) is 8.57. The summed E-state index contributed by atoms with van der Waals surface area (Å²) in [7, 11) is -1.01. The molecule has 164 valence electrons. The van der Waals surface area contributed by atoms with E-state index in [0.29, 0.717) is 6.42 Å². The molecular weight excluding hydrogens is 414 g/mol. The van der Waals surface area contributed by atoms with Gasteiger partial charge in [0.2, 0.25) is 5.69 Å². The minimum Gasteiger partial charge on any atom is -0.759 e. The van der Waals surface area contributed by atoms with E-state index in [1.807, 2.05) is 7.05 Å². The first-order valence-corrected chi connectivity index (χ1v) is 11.0. The van der Waals surface area contributed by atoms with E-state index >= 15 is 0 Å². The van der Waals surface area contributed by atoms with Crippen molar-refractivity contribution in [1.29, 1.82) is 5.26 Å². The van der Waals surface area contributed by atoms with E-state index in [4.69, 9.17) is 22.8 Å². The van der Waals surface area contributed by atoms with E-state index < -0.39 is 10.4 Å². The van der Waals surface area contributed by atoms with Gasteiger partial charge in [0.15, 0.2) is 5.71 Å². The molecule has 0 N–H and O–H groups in total. The van der Waals surface area contributed by atoms with E-state index in [1.54, 1.807) is 0 Å². The molecule has 0 fully saturated rings. The Morgan fingerprint density at radius 2 is 1.68 bits per heavy atom. The van der Waals surface area contributed by atoms with Crippen LogP contribution < -0.4 is 4.90 Å². The summed E-state index contributed by atoms with van der Waals surface area (Å²) in [5.41, 5.74) is 6.27. The van der Waals surface area contributed by atoms with Gasteiger partial charge < -0.3 is 14.0 Å². The minimum atomic E-state index is -5.17. The average molecular weight is 441 g/mol. The van der Waals surface area contributed by atoms with E-state index in [-0.39, 0.29) is 5.41 Å². The highest BCUT2D eigenvalue weighted by atomic mass is 32.3. The number of allylic oxidation sites excluding steroid dienone is 1. The van der Waals surface area contributed by atoms with Crippen LogP contribution in [0.4, 0.5) is 11.4 Å². The van der Waals surface area contributed by atoms with Gasteiger partial charge in [-0.25, -0.2) is 0 Å².